The molecule has 1 N–H and O–H groups in total. The van der Waals surface area contributed by atoms with Gasteiger partial charge in [0.05, 0.1) is 5.54 Å². The van der Waals surface area contributed by atoms with Crippen molar-refractivity contribution in [1.29, 1.82) is 0 Å². The van der Waals surface area contributed by atoms with Crippen LogP contribution in [0.15, 0.2) is 48.8 Å². The van der Waals surface area contributed by atoms with E-state index in [1.165, 1.54) is 10.5 Å². The molecule has 27 heavy (non-hydrogen) atoms. The number of nitrogens with one attached hydrogen (secondary N) is 1. The molecule has 0 bridgehead atoms. The van der Waals surface area contributed by atoms with E-state index in [0.29, 0.717) is 0 Å². The standard InChI is InChI=1S/C20H25ClN6/c1-15(19-23-24-25-27(19)20(2,3)4)26(13-16-8-7-11-22-12-16)14-17-9-5-6-10-18(17)21/h5-12,15H,13-14H2,1-4H3/p+1/t15-/m1/s1. The molecule has 0 aliphatic carbocycles. The highest BCUT2D eigenvalue weighted by Gasteiger charge is 2.30. The number of pyridine rings is 1. The van der Waals surface area contributed by atoms with Gasteiger partial charge in [-0.3, -0.25) is 4.98 Å². The van der Waals surface area contributed by atoms with Crippen molar-refractivity contribution in [2.45, 2.75) is 52.4 Å². The number of benzene rings is 1. The second kappa shape index (κ2) is 8.15. The lowest BCUT2D eigenvalue weighted by Gasteiger charge is -2.28. The lowest BCUT2D eigenvalue weighted by atomic mass is 10.1. The van der Waals surface area contributed by atoms with E-state index < -0.39 is 0 Å². The van der Waals surface area contributed by atoms with Crippen LogP contribution in [0.25, 0.3) is 0 Å². The molecule has 1 aromatic carbocycles. The molecule has 3 aromatic rings. The van der Waals surface area contributed by atoms with Gasteiger partial charge in [0.1, 0.15) is 19.1 Å². The maximum absolute atomic E-state index is 6.43. The molecule has 7 heteroatoms. The summed E-state index contributed by atoms with van der Waals surface area (Å²) in [6, 6.07) is 12.1. The lowest BCUT2D eigenvalue weighted by Crippen LogP contribution is -3.09. The van der Waals surface area contributed by atoms with Gasteiger partial charge in [-0.2, -0.15) is 0 Å². The highest BCUT2D eigenvalue weighted by Crippen LogP contribution is 2.18. The fraction of sp³-hybridized carbons (Fsp3) is 0.400. The second-order valence-corrected chi connectivity index (χ2v) is 8.21. The molecule has 0 radical (unpaired) electrons. The summed E-state index contributed by atoms with van der Waals surface area (Å²) in [5.41, 5.74) is 2.09. The van der Waals surface area contributed by atoms with Gasteiger partial charge in [-0.1, -0.05) is 35.9 Å². The summed E-state index contributed by atoms with van der Waals surface area (Å²) in [7, 11) is 0. The lowest BCUT2D eigenvalue weighted by molar-refractivity contribution is -0.957. The summed E-state index contributed by atoms with van der Waals surface area (Å²) in [6.07, 6.45) is 3.70. The minimum atomic E-state index is -0.184. The van der Waals surface area contributed by atoms with Crippen LogP contribution in [-0.2, 0) is 18.6 Å². The van der Waals surface area contributed by atoms with Crippen molar-refractivity contribution in [3.8, 4) is 0 Å². The maximum atomic E-state index is 6.43. The third kappa shape index (κ3) is 4.70. The molecule has 0 spiro atoms. The Morgan fingerprint density at radius 1 is 1.11 bits per heavy atom. The van der Waals surface area contributed by atoms with Crippen molar-refractivity contribution in [3.05, 3.63) is 70.8 Å². The first-order valence-corrected chi connectivity index (χ1v) is 9.49. The van der Waals surface area contributed by atoms with E-state index in [0.717, 1.165) is 29.5 Å². The Morgan fingerprint density at radius 3 is 2.56 bits per heavy atom. The molecule has 0 aliphatic rings. The first kappa shape index (κ1) is 19.5. The van der Waals surface area contributed by atoms with Crippen molar-refractivity contribution in [1.82, 2.24) is 25.2 Å². The number of rotatable bonds is 6. The molecule has 142 valence electrons. The molecular formula is C20H26ClN6+. The molecule has 1 unspecified atom stereocenters. The van der Waals surface area contributed by atoms with Gasteiger partial charge < -0.3 is 4.90 Å². The van der Waals surface area contributed by atoms with E-state index >= 15 is 0 Å². The number of hydrogen-bond acceptors (Lipinski definition) is 4. The number of tetrazole rings is 1. The average molecular weight is 386 g/mol. The predicted molar refractivity (Wildman–Crippen MR) is 105 cm³/mol. The zero-order chi connectivity index (χ0) is 19.4. The molecule has 0 aliphatic heterocycles. The Hall–Kier alpha value is -2.31. The smallest absolute Gasteiger partial charge is 0.209 e. The van der Waals surface area contributed by atoms with Crippen molar-refractivity contribution < 1.29 is 4.90 Å². The molecular weight excluding hydrogens is 360 g/mol. The Kier molecular flexibility index (Phi) is 5.87. The van der Waals surface area contributed by atoms with Crippen LogP contribution >= 0.6 is 11.6 Å². The summed E-state index contributed by atoms with van der Waals surface area (Å²) in [5.74, 6) is 0.869. The number of halogens is 1. The van der Waals surface area contributed by atoms with Gasteiger partial charge in [0.15, 0.2) is 0 Å². The fourth-order valence-electron chi connectivity index (χ4n) is 3.14. The van der Waals surface area contributed by atoms with E-state index in [1.807, 2.05) is 35.1 Å². The largest absolute Gasteiger partial charge is 0.319 e. The average Bonchev–Trinajstić information content (AvgIpc) is 3.13. The van der Waals surface area contributed by atoms with Crippen molar-refractivity contribution in [3.63, 3.8) is 0 Å². The maximum Gasteiger partial charge on any atom is 0.209 e. The summed E-state index contributed by atoms with van der Waals surface area (Å²) in [6.45, 7) is 10.1. The molecule has 3 rings (SSSR count). The minimum absolute atomic E-state index is 0.0794. The quantitative estimate of drug-likeness (QED) is 0.708. The molecule has 0 fully saturated rings. The Labute approximate surface area is 165 Å². The van der Waals surface area contributed by atoms with Crippen molar-refractivity contribution in [2.24, 2.45) is 0 Å². The van der Waals surface area contributed by atoms with Crippen LogP contribution in [0.2, 0.25) is 5.02 Å². The molecule has 2 heterocycles. The highest BCUT2D eigenvalue weighted by atomic mass is 35.5. The van der Waals surface area contributed by atoms with Crippen LogP contribution in [0.4, 0.5) is 0 Å². The predicted octanol–water partition coefficient (Wildman–Crippen LogP) is 2.82. The normalized spacial score (nSPS) is 14.1. The number of nitrogens with zero attached hydrogens (tertiary/aromatic N) is 5. The Bertz CT molecular complexity index is 871. The summed E-state index contributed by atoms with van der Waals surface area (Å²) >= 11 is 6.43. The minimum Gasteiger partial charge on any atom is -0.319 e. The molecule has 0 amide bonds. The van der Waals surface area contributed by atoms with Crippen molar-refractivity contribution in [2.75, 3.05) is 0 Å². The van der Waals surface area contributed by atoms with Gasteiger partial charge in [-0.15, -0.1) is 5.10 Å². The van der Waals surface area contributed by atoms with Crippen LogP contribution in [-0.4, -0.2) is 25.2 Å². The summed E-state index contributed by atoms with van der Waals surface area (Å²) in [5, 5.41) is 13.3. The third-order valence-electron chi connectivity index (χ3n) is 4.66. The summed E-state index contributed by atoms with van der Waals surface area (Å²) in [4.78, 5) is 5.56. The van der Waals surface area contributed by atoms with Gasteiger partial charge in [0.2, 0.25) is 5.82 Å². The topological polar surface area (TPSA) is 60.9 Å². The van der Waals surface area contributed by atoms with E-state index in [1.54, 1.807) is 6.20 Å². The highest BCUT2D eigenvalue weighted by molar-refractivity contribution is 6.31. The third-order valence-corrected chi connectivity index (χ3v) is 5.03. The number of aromatic nitrogens is 5. The monoisotopic (exact) mass is 385 g/mol. The molecule has 0 saturated heterocycles. The molecule has 2 aromatic heterocycles. The van der Waals surface area contributed by atoms with Crippen molar-refractivity contribution >= 4 is 11.6 Å². The van der Waals surface area contributed by atoms with E-state index in [4.69, 9.17) is 11.6 Å². The zero-order valence-electron chi connectivity index (χ0n) is 16.2. The Balaban J connectivity index is 1.94. The van der Waals surface area contributed by atoms with E-state index in [-0.39, 0.29) is 11.6 Å². The first-order valence-electron chi connectivity index (χ1n) is 9.12. The second-order valence-electron chi connectivity index (χ2n) is 7.81. The van der Waals surface area contributed by atoms with Gasteiger partial charge in [0.25, 0.3) is 0 Å². The van der Waals surface area contributed by atoms with E-state index in [2.05, 4.69) is 60.3 Å². The van der Waals surface area contributed by atoms with Gasteiger partial charge in [0, 0.05) is 28.5 Å². The molecule has 0 saturated carbocycles. The van der Waals surface area contributed by atoms with Gasteiger partial charge in [-0.05, 0) is 50.3 Å². The van der Waals surface area contributed by atoms with E-state index in [9.17, 15) is 0 Å². The number of quaternary nitrogens is 1. The first-order chi connectivity index (χ1) is 12.9. The zero-order valence-corrected chi connectivity index (χ0v) is 17.0. The van der Waals surface area contributed by atoms with Crippen LogP contribution in [0, 0.1) is 0 Å². The summed E-state index contributed by atoms with van der Waals surface area (Å²) < 4.78 is 1.91. The SMILES string of the molecule is C[C@H](c1nnnn1C(C)(C)C)[NH+](Cc1cccnc1)Cc1ccccc1Cl. The fourth-order valence-corrected chi connectivity index (χ4v) is 3.35. The van der Waals surface area contributed by atoms with Crippen LogP contribution < -0.4 is 4.90 Å². The van der Waals surface area contributed by atoms with Crippen LogP contribution in [0.5, 0.6) is 0 Å². The van der Waals surface area contributed by atoms with Crippen LogP contribution in [0.1, 0.15) is 50.7 Å². The van der Waals surface area contributed by atoms with Crippen LogP contribution in [0.3, 0.4) is 0 Å². The van der Waals surface area contributed by atoms with Gasteiger partial charge >= 0.3 is 0 Å². The van der Waals surface area contributed by atoms with Gasteiger partial charge in [-0.25, -0.2) is 4.68 Å². The molecule has 2 atom stereocenters. The number of hydrogen-bond donors (Lipinski definition) is 1. The molecule has 6 nitrogen and oxygen atoms in total. The Morgan fingerprint density at radius 2 is 1.89 bits per heavy atom.